The van der Waals surface area contributed by atoms with Gasteiger partial charge in [-0.15, -0.1) is 0 Å². The molecule has 1 saturated carbocycles. The van der Waals surface area contributed by atoms with Gasteiger partial charge in [0, 0.05) is 11.8 Å². The Kier molecular flexibility index (Phi) is 2.90. The lowest BCUT2D eigenvalue weighted by Crippen LogP contribution is -2.27. The molecule has 4 heteroatoms. The van der Waals surface area contributed by atoms with E-state index in [9.17, 15) is 9.59 Å². The lowest BCUT2D eigenvalue weighted by Gasteiger charge is -2.34. The van der Waals surface area contributed by atoms with E-state index >= 15 is 0 Å². The van der Waals surface area contributed by atoms with E-state index in [1.165, 1.54) is 24.0 Å². The molecule has 1 atom stereocenters. The van der Waals surface area contributed by atoms with Gasteiger partial charge < -0.3 is 9.84 Å². The second-order valence-corrected chi connectivity index (χ2v) is 6.63. The van der Waals surface area contributed by atoms with Crippen molar-refractivity contribution in [1.82, 2.24) is 0 Å². The number of benzene rings is 1. The molecular weight excluding hydrogens is 280 g/mol. The maximum atomic E-state index is 11.9. The standard InChI is InChI=1S/C18H18O4/c19-13-5-6-18(12-1-2-12)9-11-7-14(22-10-17(20)21)3-4-15(11)16(18)8-13/h3-4,7-8,12H,1-2,5-6,9-10H2,(H,20,21). The molecule has 4 rings (SSSR count). The number of carbonyl (C=O) groups excluding carboxylic acids is 1. The van der Waals surface area contributed by atoms with Crippen molar-refractivity contribution in [1.29, 1.82) is 0 Å². The number of fused-ring (bicyclic) bond motifs is 3. The van der Waals surface area contributed by atoms with Crippen LogP contribution in [0.3, 0.4) is 0 Å². The molecule has 1 unspecified atom stereocenters. The van der Waals surface area contributed by atoms with E-state index in [4.69, 9.17) is 9.84 Å². The number of ketones is 1. The lowest BCUT2D eigenvalue weighted by atomic mass is 9.69. The fourth-order valence-electron chi connectivity index (χ4n) is 4.15. The second-order valence-electron chi connectivity index (χ2n) is 6.63. The Labute approximate surface area is 128 Å². The SMILES string of the molecule is O=C(O)COc1ccc2c(c1)CC1(C3CC3)CCC(=O)C=C21. The minimum atomic E-state index is -0.975. The number of rotatable bonds is 4. The molecule has 1 N–H and O–H groups in total. The average Bonchev–Trinajstić information content (AvgIpc) is 3.29. The predicted molar refractivity (Wildman–Crippen MR) is 80.7 cm³/mol. The van der Waals surface area contributed by atoms with Crippen molar-refractivity contribution in [2.45, 2.75) is 32.1 Å². The molecule has 0 radical (unpaired) electrons. The minimum absolute atomic E-state index is 0.141. The van der Waals surface area contributed by atoms with Gasteiger partial charge in [0.25, 0.3) is 0 Å². The summed E-state index contributed by atoms with van der Waals surface area (Å²) < 4.78 is 5.29. The molecule has 0 aliphatic heterocycles. The fraction of sp³-hybridized carbons (Fsp3) is 0.444. The van der Waals surface area contributed by atoms with Crippen LogP contribution >= 0.6 is 0 Å². The molecule has 3 aliphatic carbocycles. The van der Waals surface area contributed by atoms with Gasteiger partial charge in [0.1, 0.15) is 5.75 Å². The third-order valence-corrected chi connectivity index (χ3v) is 5.25. The Hall–Kier alpha value is -2.10. The van der Waals surface area contributed by atoms with E-state index in [0.29, 0.717) is 18.1 Å². The van der Waals surface area contributed by atoms with Crippen LogP contribution in [0.1, 0.15) is 36.8 Å². The first-order valence-electron chi connectivity index (χ1n) is 7.81. The highest BCUT2D eigenvalue weighted by atomic mass is 16.5. The Morgan fingerprint density at radius 3 is 2.91 bits per heavy atom. The molecule has 1 aromatic rings. The number of hydrogen-bond donors (Lipinski definition) is 1. The Morgan fingerprint density at radius 2 is 2.18 bits per heavy atom. The van der Waals surface area contributed by atoms with Crippen molar-refractivity contribution in [3.05, 3.63) is 35.4 Å². The average molecular weight is 298 g/mol. The molecule has 1 aromatic carbocycles. The summed E-state index contributed by atoms with van der Waals surface area (Å²) >= 11 is 0. The van der Waals surface area contributed by atoms with Gasteiger partial charge in [-0.2, -0.15) is 0 Å². The van der Waals surface area contributed by atoms with Gasteiger partial charge in [-0.05, 0) is 66.5 Å². The molecule has 22 heavy (non-hydrogen) atoms. The zero-order valence-electron chi connectivity index (χ0n) is 12.3. The quantitative estimate of drug-likeness (QED) is 0.928. The van der Waals surface area contributed by atoms with E-state index in [-0.39, 0.29) is 17.8 Å². The minimum Gasteiger partial charge on any atom is -0.482 e. The van der Waals surface area contributed by atoms with Crippen LogP contribution in [-0.2, 0) is 16.0 Å². The highest BCUT2D eigenvalue weighted by Crippen LogP contribution is 2.62. The first-order chi connectivity index (χ1) is 10.6. The van der Waals surface area contributed by atoms with Crippen LogP contribution < -0.4 is 4.74 Å². The number of carboxylic acid groups (broad SMARTS) is 1. The molecule has 0 heterocycles. The van der Waals surface area contributed by atoms with Gasteiger partial charge in [0.05, 0.1) is 0 Å². The summed E-state index contributed by atoms with van der Waals surface area (Å²) in [5.74, 6) is 0.544. The fourth-order valence-corrected chi connectivity index (χ4v) is 4.15. The van der Waals surface area contributed by atoms with Crippen molar-refractivity contribution >= 4 is 17.3 Å². The van der Waals surface area contributed by atoms with Crippen molar-refractivity contribution in [2.24, 2.45) is 11.3 Å². The van der Waals surface area contributed by atoms with E-state index in [1.807, 2.05) is 24.3 Å². The summed E-state index contributed by atoms with van der Waals surface area (Å²) in [6.07, 6.45) is 6.91. The van der Waals surface area contributed by atoms with Crippen LogP contribution in [0, 0.1) is 11.3 Å². The molecule has 4 nitrogen and oxygen atoms in total. The number of hydrogen-bond acceptors (Lipinski definition) is 3. The van der Waals surface area contributed by atoms with Gasteiger partial charge in [-0.3, -0.25) is 4.79 Å². The number of ether oxygens (including phenoxy) is 1. The number of carboxylic acids is 1. The first kappa shape index (κ1) is 13.6. The topological polar surface area (TPSA) is 63.6 Å². The van der Waals surface area contributed by atoms with Crippen molar-refractivity contribution < 1.29 is 19.4 Å². The van der Waals surface area contributed by atoms with Gasteiger partial charge in [0.2, 0.25) is 0 Å². The smallest absolute Gasteiger partial charge is 0.341 e. The zero-order valence-corrected chi connectivity index (χ0v) is 12.3. The monoisotopic (exact) mass is 298 g/mol. The third-order valence-electron chi connectivity index (χ3n) is 5.25. The van der Waals surface area contributed by atoms with Crippen molar-refractivity contribution in [3.8, 4) is 5.75 Å². The highest BCUT2D eigenvalue weighted by Gasteiger charge is 2.52. The first-order valence-corrected chi connectivity index (χ1v) is 7.81. The van der Waals surface area contributed by atoms with Gasteiger partial charge in [0.15, 0.2) is 12.4 Å². The summed E-state index contributed by atoms with van der Waals surface area (Å²) in [5, 5.41) is 8.72. The number of aliphatic carboxylic acids is 1. The Morgan fingerprint density at radius 1 is 1.36 bits per heavy atom. The zero-order chi connectivity index (χ0) is 15.3. The largest absolute Gasteiger partial charge is 0.482 e. The molecule has 3 aliphatic rings. The number of allylic oxidation sites excluding steroid dienone is 2. The van der Waals surface area contributed by atoms with Crippen molar-refractivity contribution in [2.75, 3.05) is 6.61 Å². The molecular formula is C18H18O4. The second kappa shape index (κ2) is 4.70. The summed E-state index contributed by atoms with van der Waals surface area (Å²) in [6.45, 7) is -0.326. The van der Waals surface area contributed by atoms with E-state index < -0.39 is 5.97 Å². The van der Waals surface area contributed by atoms with E-state index in [1.54, 1.807) is 0 Å². The Bertz CT molecular complexity index is 699. The molecule has 0 bridgehead atoms. The molecule has 1 fully saturated rings. The lowest BCUT2D eigenvalue weighted by molar-refractivity contribution is -0.139. The van der Waals surface area contributed by atoms with Crippen LogP contribution in [-0.4, -0.2) is 23.5 Å². The van der Waals surface area contributed by atoms with E-state index in [0.717, 1.165) is 18.4 Å². The van der Waals surface area contributed by atoms with Crippen LogP contribution in [0.2, 0.25) is 0 Å². The normalized spacial score (nSPS) is 26.2. The highest BCUT2D eigenvalue weighted by molar-refractivity contribution is 6.01. The summed E-state index contributed by atoms with van der Waals surface area (Å²) in [5.41, 5.74) is 3.70. The summed E-state index contributed by atoms with van der Waals surface area (Å²) in [4.78, 5) is 22.5. The maximum Gasteiger partial charge on any atom is 0.341 e. The molecule has 114 valence electrons. The van der Waals surface area contributed by atoms with Gasteiger partial charge in [-0.1, -0.05) is 6.07 Å². The van der Waals surface area contributed by atoms with Gasteiger partial charge >= 0.3 is 5.97 Å². The molecule has 0 saturated heterocycles. The van der Waals surface area contributed by atoms with Gasteiger partial charge in [-0.25, -0.2) is 4.79 Å². The van der Waals surface area contributed by atoms with Crippen LogP contribution in [0.15, 0.2) is 24.3 Å². The van der Waals surface area contributed by atoms with Crippen LogP contribution in [0.4, 0.5) is 0 Å². The maximum absolute atomic E-state index is 11.9. The molecule has 0 amide bonds. The number of carbonyl (C=O) groups is 2. The van der Waals surface area contributed by atoms with Crippen LogP contribution in [0.25, 0.3) is 5.57 Å². The molecule has 0 spiro atoms. The summed E-state index contributed by atoms with van der Waals surface area (Å²) in [6, 6.07) is 5.75. The predicted octanol–water partition coefficient (Wildman–Crippen LogP) is 2.85. The third kappa shape index (κ3) is 2.05. The van der Waals surface area contributed by atoms with E-state index in [2.05, 4.69) is 0 Å². The van der Waals surface area contributed by atoms with Crippen molar-refractivity contribution in [3.63, 3.8) is 0 Å². The molecule has 0 aromatic heterocycles. The Balaban J connectivity index is 1.70. The van der Waals surface area contributed by atoms with Crippen LogP contribution in [0.5, 0.6) is 5.75 Å². The summed E-state index contributed by atoms with van der Waals surface area (Å²) in [7, 11) is 0.